The molecule has 128 valence electrons. The maximum absolute atomic E-state index is 2.58. The second-order valence-electron chi connectivity index (χ2n) is 6.58. The quantitative estimate of drug-likeness (QED) is 0.726. The Labute approximate surface area is 150 Å². The number of benzene rings is 2. The molecule has 1 fully saturated rings. The van der Waals surface area contributed by atoms with Crippen LogP contribution in [0, 0.1) is 13.8 Å². The highest BCUT2D eigenvalue weighted by atomic mass is 32.2. The van der Waals surface area contributed by atoms with E-state index in [0.717, 1.165) is 38.5 Å². The molecule has 3 rings (SSSR count). The highest BCUT2D eigenvalue weighted by Gasteiger charge is 2.19. The van der Waals surface area contributed by atoms with E-state index in [4.69, 9.17) is 0 Å². The fraction of sp³-hybridized carbons (Fsp3) is 0.429. The smallest absolute Gasteiger partial charge is 0.0426 e. The average Bonchev–Trinajstić information content (AvgIpc) is 2.58. The highest BCUT2D eigenvalue weighted by molar-refractivity contribution is 7.99. The Bertz CT molecular complexity index is 638. The molecule has 0 N–H and O–H groups in total. The molecule has 0 saturated carbocycles. The largest absolute Gasteiger partial charge is 0.369 e. The minimum absolute atomic E-state index is 1.07. The van der Waals surface area contributed by atoms with Crippen molar-refractivity contribution in [2.24, 2.45) is 0 Å². The Morgan fingerprint density at radius 1 is 0.875 bits per heavy atom. The summed E-state index contributed by atoms with van der Waals surface area (Å²) in [4.78, 5) is 6.51. The van der Waals surface area contributed by atoms with Gasteiger partial charge >= 0.3 is 0 Å². The summed E-state index contributed by atoms with van der Waals surface area (Å²) in [5.41, 5.74) is 5.66. The Morgan fingerprint density at radius 3 is 2.08 bits per heavy atom. The van der Waals surface area contributed by atoms with Crippen molar-refractivity contribution >= 4 is 17.4 Å². The summed E-state index contributed by atoms with van der Waals surface area (Å²) in [7, 11) is 0. The van der Waals surface area contributed by atoms with Gasteiger partial charge in [0.2, 0.25) is 0 Å². The lowest BCUT2D eigenvalue weighted by atomic mass is 10.1. The molecule has 0 spiro atoms. The molecule has 0 amide bonds. The Hall–Kier alpha value is -1.45. The van der Waals surface area contributed by atoms with Gasteiger partial charge in [0.1, 0.15) is 0 Å². The van der Waals surface area contributed by atoms with Gasteiger partial charge in [-0.3, -0.25) is 4.90 Å². The third-order valence-corrected chi connectivity index (χ3v) is 5.66. The number of anilines is 1. The first-order valence-electron chi connectivity index (χ1n) is 8.92. The van der Waals surface area contributed by atoms with Crippen molar-refractivity contribution < 1.29 is 0 Å². The summed E-state index contributed by atoms with van der Waals surface area (Å²) in [6.07, 6.45) is 0. The molecule has 24 heavy (non-hydrogen) atoms. The van der Waals surface area contributed by atoms with E-state index in [0.29, 0.717) is 0 Å². The molecule has 1 saturated heterocycles. The second kappa shape index (κ2) is 8.09. The van der Waals surface area contributed by atoms with E-state index in [1.807, 2.05) is 11.8 Å². The molecule has 2 aromatic rings. The van der Waals surface area contributed by atoms with Crippen molar-refractivity contribution in [2.75, 3.05) is 36.8 Å². The van der Waals surface area contributed by atoms with E-state index in [1.54, 1.807) is 0 Å². The third kappa shape index (κ3) is 4.14. The van der Waals surface area contributed by atoms with Crippen LogP contribution in [0.3, 0.4) is 0 Å². The van der Waals surface area contributed by atoms with Crippen LogP contribution < -0.4 is 4.90 Å². The van der Waals surface area contributed by atoms with E-state index < -0.39 is 0 Å². The number of thioether (sulfide) groups is 1. The normalized spacial score (nSPS) is 15.7. The molecule has 2 aromatic carbocycles. The monoisotopic (exact) mass is 340 g/mol. The first kappa shape index (κ1) is 17.4. The van der Waals surface area contributed by atoms with Crippen molar-refractivity contribution in [1.29, 1.82) is 0 Å². The lowest BCUT2D eigenvalue weighted by Crippen LogP contribution is -2.46. The van der Waals surface area contributed by atoms with Crippen LogP contribution in [0.1, 0.15) is 23.6 Å². The van der Waals surface area contributed by atoms with Gasteiger partial charge in [-0.05, 0) is 48.4 Å². The predicted octanol–water partition coefficient (Wildman–Crippen LogP) is 4.74. The molecule has 0 radical (unpaired) electrons. The third-order valence-electron chi connectivity index (χ3n) is 4.77. The fourth-order valence-electron chi connectivity index (χ4n) is 3.55. The zero-order valence-corrected chi connectivity index (χ0v) is 15.9. The van der Waals surface area contributed by atoms with Crippen molar-refractivity contribution in [3.63, 3.8) is 0 Å². The average molecular weight is 341 g/mol. The Kier molecular flexibility index (Phi) is 5.85. The minimum Gasteiger partial charge on any atom is -0.369 e. The fourth-order valence-corrected chi connectivity index (χ4v) is 4.21. The molecular formula is C21H28N2S. The second-order valence-corrected chi connectivity index (χ2v) is 7.92. The molecule has 0 aromatic heterocycles. The van der Waals surface area contributed by atoms with E-state index in [9.17, 15) is 0 Å². The Balaban J connectivity index is 1.57. The predicted molar refractivity (Wildman–Crippen MR) is 106 cm³/mol. The molecule has 0 aliphatic carbocycles. The van der Waals surface area contributed by atoms with Crippen LogP contribution in [0.5, 0.6) is 0 Å². The summed E-state index contributed by atoms with van der Waals surface area (Å²) in [6.45, 7) is 12.2. The Morgan fingerprint density at radius 2 is 1.50 bits per heavy atom. The first-order valence-corrected chi connectivity index (χ1v) is 9.91. The van der Waals surface area contributed by atoms with Crippen LogP contribution in [0.4, 0.5) is 5.69 Å². The lowest BCUT2D eigenvalue weighted by Gasteiger charge is -2.37. The van der Waals surface area contributed by atoms with Gasteiger partial charge in [0.05, 0.1) is 0 Å². The first-order chi connectivity index (χ1) is 11.7. The number of hydrogen-bond acceptors (Lipinski definition) is 3. The van der Waals surface area contributed by atoms with E-state index in [-0.39, 0.29) is 0 Å². The van der Waals surface area contributed by atoms with Crippen LogP contribution >= 0.6 is 11.8 Å². The molecule has 0 unspecified atom stereocenters. The molecule has 1 heterocycles. The van der Waals surface area contributed by atoms with Gasteiger partial charge in [0, 0.05) is 43.3 Å². The van der Waals surface area contributed by atoms with E-state index >= 15 is 0 Å². The van der Waals surface area contributed by atoms with Gasteiger partial charge in [0.15, 0.2) is 0 Å². The molecule has 0 bridgehead atoms. The van der Waals surface area contributed by atoms with Gasteiger partial charge in [-0.2, -0.15) is 0 Å². The molecule has 1 aliphatic rings. The van der Waals surface area contributed by atoms with Crippen molar-refractivity contribution in [3.05, 3.63) is 59.2 Å². The van der Waals surface area contributed by atoms with Gasteiger partial charge in [-0.15, -0.1) is 11.8 Å². The number of para-hydroxylation sites is 1. The van der Waals surface area contributed by atoms with Gasteiger partial charge < -0.3 is 4.90 Å². The van der Waals surface area contributed by atoms with Gasteiger partial charge in [0.25, 0.3) is 0 Å². The topological polar surface area (TPSA) is 6.48 Å². The van der Waals surface area contributed by atoms with Gasteiger partial charge in [-0.1, -0.05) is 37.3 Å². The molecular weight excluding hydrogens is 312 g/mol. The summed E-state index contributed by atoms with van der Waals surface area (Å²) in [5.74, 6) is 1.14. The van der Waals surface area contributed by atoms with E-state index in [2.05, 4.69) is 73.0 Å². The SMILES string of the molecule is CCSc1ccc(CN2CCN(c3c(C)cccc3C)CC2)cc1. The number of piperazine rings is 1. The lowest BCUT2D eigenvalue weighted by molar-refractivity contribution is 0.249. The van der Waals surface area contributed by atoms with Crippen molar-refractivity contribution in [1.82, 2.24) is 4.90 Å². The standard InChI is InChI=1S/C21H28N2S/c1-4-24-20-10-8-19(9-11-20)16-22-12-14-23(15-13-22)21-17(2)6-5-7-18(21)3/h5-11H,4,12-16H2,1-3H3. The van der Waals surface area contributed by atoms with Crippen LogP contribution in [0.2, 0.25) is 0 Å². The maximum Gasteiger partial charge on any atom is 0.0426 e. The van der Waals surface area contributed by atoms with Crippen LogP contribution in [0.25, 0.3) is 0 Å². The van der Waals surface area contributed by atoms with Crippen molar-refractivity contribution in [3.8, 4) is 0 Å². The molecule has 2 nitrogen and oxygen atoms in total. The van der Waals surface area contributed by atoms with Gasteiger partial charge in [-0.25, -0.2) is 0 Å². The van der Waals surface area contributed by atoms with Crippen LogP contribution in [0.15, 0.2) is 47.4 Å². The van der Waals surface area contributed by atoms with Crippen LogP contribution in [-0.4, -0.2) is 36.8 Å². The van der Waals surface area contributed by atoms with Crippen molar-refractivity contribution in [2.45, 2.75) is 32.2 Å². The number of rotatable bonds is 5. The number of aryl methyl sites for hydroxylation is 2. The highest BCUT2D eigenvalue weighted by Crippen LogP contribution is 2.26. The van der Waals surface area contributed by atoms with Crippen LogP contribution in [-0.2, 0) is 6.54 Å². The number of hydrogen-bond donors (Lipinski definition) is 0. The molecule has 0 atom stereocenters. The van der Waals surface area contributed by atoms with E-state index in [1.165, 1.54) is 27.3 Å². The summed E-state index contributed by atoms with van der Waals surface area (Å²) in [6, 6.07) is 15.7. The summed E-state index contributed by atoms with van der Waals surface area (Å²) < 4.78 is 0. The molecule has 3 heteroatoms. The minimum atomic E-state index is 1.07. The summed E-state index contributed by atoms with van der Waals surface area (Å²) >= 11 is 1.91. The molecule has 1 aliphatic heterocycles. The summed E-state index contributed by atoms with van der Waals surface area (Å²) in [5, 5.41) is 0. The zero-order chi connectivity index (χ0) is 16.9. The maximum atomic E-state index is 2.58. The number of nitrogens with zero attached hydrogens (tertiary/aromatic N) is 2. The zero-order valence-electron chi connectivity index (χ0n) is 15.1.